The van der Waals surface area contributed by atoms with E-state index in [0.717, 1.165) is 18.8 Å². The van der Waals surface area contributed by atoms with Gasteiger partial charge in [-0.3, -0.25) is 9.52 Å². The van der Waals surface area contributed by atoms with Crippen LogP contribution in [0.1, 0.15) is 52.0 Å². The summed E-state index contributed by atoms with van der Waals surface area (Å²) < 4.78 is 27.5. The smallest absolute Gasteiger partial charge is 0.241 e. The van der Waals surface area contributed by atoms with Gasteiger partial charge in [-0.15, -0.1) is 0 Å². The van der Waals surface area contributed by atoms with Crippen molar-refractivity contribution in [1.82, 2.24) is 5.32 Å². The van der Waals surface area contributed by atoms with Crippen LogP contribution in [0.4, 0.5) is 11.4 Å². The molecule has 2 N–H and O–H groups in total. The van der Waals surface area contributed by atoms with E-state index in [-0.39, 0.29) is 11.5 Å². The molecule has 6 nitrogen and oxygen atoms in total. The molecule has 0 radical (unpaired) electrons. The minimum absolute atomic E-state index is 0.138. The summed E-state index contributed by atoms with van der Waals surface area (Å²) in [6, 6.07) is 17.3. The third-order valence-corrected chi connectivity index (χ3v) is 7.15. The van der Waals surface area contributed by atoms with Gasteiger partial charge in [0.25, 0.3) is 0 Å². The highest BCUT2D eigenvalue weighted by molar-refractivity contribution is 7.93. The monoisotopic (exact) mass is 457 g/mol. The Kier molecular flexibility index (Phi) is 7.82. The fraction of sp³-hybridized carbons (Fsp3) is 0.480. The predicted molar refractivity (Wildman–Crippen MR) is 132 cm³/mol. The number of hydrogen-bond donors (Lipinski definition) is 2. The van der Waals surface area contributed by atoms with Crippen molar-refractivity contribution >= 4 is 27.3 Å². The topological polar surface area (TPSA) is 78.5 Å². The molecule has 0 aromatic heterocycles. The van der Waals surface area contributed by atoms with Crippen molar-refractivity contribution in [2.24, 2.45) is 0 Å². The van der Waals surface area contributed by atoms with Crippen LogP contribution in [0.25, 0.3) is 0 Å². The number of sulfonamides is 1. The Morgan fingerprint density at radius 2 is 1.62 bits per heavy atom. The third-order valence-electron chi connectivity index (χ3n) is 5.96. The number of benzene rings is 2. The van der Waals surface area contributed by atoms with Gasteiger partial charge in [-0.1, -0.05) is 44.2 Å². The van der Waals surface area contributed by atoms with Crippen molar-refractivity contribution in [3.63, 3.8) is 0 Å². The molecule has 0 bridgehead atoms. The molecule has 7 heteroatoms. The number of rotatable bonds is 9. The lowest BCUT2D eigenvalue weighted by Gasteiger charge is -2.29. The molecule has 1 heterocycles. The van der Waals surface area contributed by atoms with Gasteiger partial charge in [0.15, 0.2) is 0 Å². The van der Waals surface area contributed by atoms with E-state index in [9.17, 15) is 13.2 Å². The molecule has 3 rings (SSSR count). The normalized spacial score (nSPS) is 15.8. The van der Waals surface area contributed by atoms with Crippen LogP contribution in [0.3, 0.4) is 0 Å². The summed E-state index contributed by atoms with van der Waals surface area (Å²) in [5.74, 6) is -1.10. The van der Waals surface area contributed by atoms with Crippen molar-refractivity contribution in [3.05, 3.63) is 60.2 Å². The maximum Gasteiger partial charge on any atom is 0.241 e. The number of piperidine rings is 1. The molecule has 0 spiro atoms. The number of hydrogen-bond acceptors (Lipinski definition) is 4. The first-order valence-corrected chi connectivity index (χ1v) is 13.0. The Bertz CT molecular complexity index is 983. The van der Waals surface area contributed by atoms with Crippen LogP contribution in [-0.4, -0.2) is 39.2 Å². The number of carbonyl (C=O) groups is 1. The molecule has 174 valence electrons. The highest BCUT2D eigenvalue weighted by Gasteiger charge is 2.25. The van der Waals surface area contributed by atoms with Gasteiger partial charge in [-0.2, -0.15) is 0 Å². The minimum Gasteiger partial charge on any atom is -0.372 e. The summed E-state index contributed by atoms with van der Waals surface area (Å²) in [5.41, 5.74) is 2.61. The van der Waals surface area contributed by atoms with E-state index in [1.807, 2.05) is 37.3 Å². The van der Waals surface area contributed by atoms with E-state index in [4.69, 9.17) is 0 Å². The molecule has 1 aliphatic heterocycles. The van der Waals surface area contributed by atoms with Gasteiger partial charge in [0.05, 0.1) is 0 Å². The second kappa shape index (κ2) is 10.4. The number of nitrogens with zero attached hydrogens (tertiary/aromatic N) is 1. The maximum absolute atomic E-state index is 12.5. The van der Waals surface area contributed by atoms with Gasteiger partial charge < -0.3 is 10.2 Å². The summed E-state index contributed by atoms with van der Waals surface area (Å²) in [6.45, 7) is 8.21. The lowest BCUT2D eigenvalue weighted by atomic mass is 9.79. The molecule has 0 aliphatic carbocycles. The molecule has 2 aromatic rings. The van der Waals surface area contributed by atoms with Crippen LogP contribution >= 0.6 is 0 Å². The first-order valence-electron chi connectivity index (χ1n) is 11.3. The molecule has 1 unspecified atom stereocenters. The molecule has 1 aliphatic rings. The summed E-state index contributed by atoms with van der Waals surface area (Å²) in [7, 11) is -3.79. The van der Waals surface area contributed by atoms with Crippen molar-refractivity contribution in [2.45, 2.75) is 57.9 Å². The molecule has 1 saturated heterocycles. The largest absolute Gasteiger partial charge is 0.372 e. The van der Waals surface area contributed by atoms with E-state index >= 15 is 0 Å². The van der Waals surface area contributed by atoms with E-state index in [2.05, 4.69) is 40.9 Å². The molecular weight excluding hydrogens is 422 g/mol. The first-order chi connectivity index (χ1) is 15.1. The summed E-state index contributed by atoms with van der Waals surface area (Å²) in [5, 5.41) is 2.83. The van der Waals surface area contributed by atoms with Gasteiger partial charge in [0, 0.05) is 30.5 Å². The maximum atomic E-state index is 12.5. The number of nitrogens with one attached hydrogen (secondary N) is 2. The fourth-order valence-corrected chi connectivity index (χ4v) is 5.42. The van der Waals surface area contributed by atoms with Crippen LogP contribution < -0.4 is 14.9 Å². The second-order valence-corrected chi connectivity index (χ2v) is 11.1. The Morgan fingerprint density at radius 3 is 2.25 bits per heavy atom. The van der Waals surface area contributed by atoms with Crippen molar-refractivity contribution < 1.29 is 13.2 Å². The SMILES string of the molecule is CC(CC(C)(C)c1ccccc1)NC(=O)CS(=O)(=O)Nc1ccc(N2CCCCC2)cc1. The van der Waals surface area contributed by atoms with E-state index in [0.29, 0.717) is 12.1 Å². The van der Waals surface area contributed by atoms with Crippen LogP contribution in [0.15, 0.2) is 54.6 Å². The van der Waals surface area contributed by atoms with Crippen LogP contribution in [-0.2, 0) is 20.2 Å². The Labute approximate surface area is 192 Å². The van der Waals surface area contributed by atoms with Gasteiger partial charge >= 0.3 is 0 Å². The Morgan fingerprint density at radius 1 is 1.00 bits per heavy atom. The number of anilines is 2. The highest BCUT2D eigenvalue weighted by Crippen LogP contribution is 2.28. The summed E-state index contributed by atoms with van der Waals surface area (Å²) >= 11 is 0. The van der Waals surface area contributed by atoms with Gasteiger partial charge in [-0.25, -0.2) is 8.42 Å². The fourth-order valence-electron chi connectivity index (χ4n) is 4.42. The van der Waals surface area contributed by atoms with E-state index < -0.39 is 21.7 Å². The summed E-state index contributed by atoms with van der Waals surface area (Å²) in [4.78, 5) is 14.7. The molecule has 32 heavy (non-hydrogen) atoms. The standard InChI is InChI=1S/C25H35N3O3S/c1-20(18-25(2,3)21-10-6-4-7-11-21)26-24(29)19-32(30,31)27-22-12-14-23(15-13-22)28-16-8-5-9-17-28/h4,6-7,10-15,20,27H,5,8-9,16-19H2,1-3H3,(H,26,29). The average molecular weight is 458 g/mol. The molecular formula is C25H35N3O3S. The number of amides is 1. The zero-order valence-corrected chi connectivity index (χ0v) is 20.1. The second-order valence-electron chi connectivity index (χ2n) is 9.38. The van der Waals surface area contributed by atoms with E-state index in [1.165, 1.54) is 24.8 Å². The number of carbonyl (C=O) groups excluding carboxylic acids is 1. The van der Waals surface area contributed by atoms with Gasteiger partial charge in [0.1, 0.15) is 5.75 Å². The summed E-state index contributed by atoms with van der Waals surface area (Å²) in [6.07, 6.45) is 4.34. The van der Waals surface area contributed by atoms with Crippen molar-refractivity contribution in [1.29, 1.82) is 0 Å². The zero-order valence-electron chi connectivity index (χ0n) is 19.3. The Balaban J connectivity index is 1.51. The first kappa shape index (κ1) is 24.1. The molecule has 2 aromatic carbocycles. The van der Waals surface area contributed by atoms with Crippen LogP contribution in [0.5, 0.6) is 0 Å². The molecule has 1 amide bonds. The lowest BCUT2D eigenvalue weighted by molar-refractivity contribution is -0.119. The quantitative estimate of drug-likeness (QED) is 0.589. The highest BCUT2D eigenvalue weighted by atomic mass is 32.2. The van der Waals surface area contributed by atoms with Gasteiger partial charge in [-0.05, 0) is 67.9 Å². The molecule has 0 saturated carbocycles. The Hall–Kier alpha value is -2.54. The average Bonchev–Trinajstić information content (AvgIpc) is 2.74. The van der Waals surface area contributed by atoms with E-state index in [1.54, 1.807) is 12.1 Å². The van der Waals surface area contributed by atoms with Gasteiger partial charge in [0.2, 0.25) is 15.9 Å². The predicted octanol–water partition coefficient (Wildman–Crippen LogP) is 4.29. The van der Waals surface area contributed by atoms with Crippen LogP contribution in [0, 0.1) is 0 Å². The zero-order chi connectivity index (χ0) is 23.2. The van der Waals surface area contributed by atoms with Crippen molar-refractivity contribution in [2.75, 3.05) is 28.5 Å². The van der Waals surface area contributed by atoms with Crippen LogP contribution in [0.2, 0.25) is 0 Å². The minimum atomic E-state index is -3.79. The molecule has 1 fully saturated rings. The lowest BCUT2D eigenvalue weighted by Crippen LogP contribution is -2.41. The third kappa shape index (κ3) is 6.99. The van der Waals surface area contributed by atoms with Crippen molar-refractivity contribution in [3.8, 4) is 0 Å². The molecule has 1 atom stereocenters.